The van der Waals surface area contributed by atoms with Crippen LogP contribution >= 0.6 is 0 Å². The van der Waals surface area contributed by atoms with Crippen LogP contribution in [-0.2, 0) is 4.74 Å². The van der Waals surface area contributed by atoms with Gasteiger partial charge in [-0.25, -0.2) is 24.3 Å². The number of carbonyl (C=O) groups is 1. The van der Waals surface area contributed by atoms with Gasteiger partial charge in [0.15, 0.2) is 5.65 Å². The maximum Gasteiger partial charge on any atom is 0.255 e. The first-order chi connectivity index (χ1) is 19.1. The molecular formula is C29H26FN7O2. The van der Waals surface area contributed by atoms with Gasteiger partial charge in [0.25, 0.3) is 5.91 Å². The zero-order valence-electron chi connectivity index (χ0n) is 21.3. The number of ether oxygens (including phenoxy) is 1. The number of anilines is 3. The second-order valence-corrected chi connectivity index (χ2v) is 9.38. The predicted molar refractivity (Wildman–Crippen MR) is 146 cm³/mol. The van der Waals surface area contributed by atoms with Gasteiger partial charge >= 0.3 is 0 Å². The number of carbonyl (C=O) groups excluding carboxylic acids is 1. The third kappa shape index (κ3) is 5.06. The summed E-state index contributed by atoms with van der Waals surface area (Å²) in [5.41, 5.74) is 5.47. The van der Waals surface area contributed by atoms with E-state index in [0.29, 0.717) is 33.9 Å². The molecule has 3 aromatic heterocycles. The second-order valence-electron chi connectivity index (χ2n) is 9.38. The van der Waals surface area contributed by atoms with Crippen molar-refractivity contribution in [3.63, 3.8) is 0 Å². The number of hydrogen-bond donors (Lipinski definition) is 2. The molecule has 0 bridgehead atoms. The Morgan fingerprint density at radius 2 is 1.92 bits per heavy atom. The minimum atomic E-state index is -0.394. The van der Waals surface area contributed by atoms with Crippen LogP contribution < -0.4 is 10.6 Å². The third-order valence-electron chi connectivity index (χ3n) is 6.74. The molecule has 1 saturated heterocycles. The molecular weight excluding hydrogens is 497 g/mol. The van der Waals surface area contributed by atoms with Gasteiger partial charge < -0.3 is 15.4 Å². The third-order valence-corrected chi connectivity index (χ3v) is 6.74. The molecule has 10 heteroatoms. The number of aromatic nitrogens is 5. The number of nitrogens with zero attached hydrogens (tertiary/aromatic N) is 5. The van der Waals surface area contributed by atoms with E-state index in [9.17, 15) is 9.18 Å². The van der Waals surface area contributed by atoms with Gasteiger partial charge in [0.2, 0.25) is 0 Å². The van der Waals surface area contributed by atoms with Gasteiger partial charge in [-0.05, 0) is 80.3 Å². The summed E-state index contributed by atoms with van der Waals surface area (Å²) in [6, 6.07) is 14.7. The Morgan fingerprint density at radius 1 is 1.05 bits per heavy atom. The lowest BCUT2D eigenvalue weighted by atomic mass is 10.1. The van der Waals surface area contributed by atoms with Crippen LogP contribution in [0.15, 0.2) is 73.4 Å². The molecule has 5 aromatic rings. The summed E-state index contributed by atoms with van der Waals surface area (Å²) >= 11 is 0. The zero-order chi connectivity index (χ0) is 26.8. The lowest BCUT2D eigenvalue weighted by Crippen LogP contribution is -2.17. The number of rotatable bonds is 6. The standard InChI is InChI=1S/C29H26FN7O2/c1-18-7-12-21(35-29(38)19-8-10-20(30)11-9-19)15-23(18)36-27-22(5-4-13-31-27)25-26-28(33-16-32-25)37(17-34-26)24-6-2-3-14-39-24/h4-5,7-13,15-17,24H,2-3,6,14H2,1H3,(H,31,36)(H,35,38). The van der Waals surface area contributed by atoms with Crippen LogP contribution in [0.5, 0.6) is 0 Å². The summed E-state index contributed by atoms with van der Waals surface area (Å²) < 4.78 is 21.2. The van der Waals surface area contributed by atoms with Crippen molar-refractivity contribution in [1.82, 2.24) is 24.5 Å². The molecule has 1 amide bonds. The number of halogens is 1. The Labute approximate surface area is 224 Å². The van der Waals surface area contributed by atoms with Crippen LogP contribution in [-0.4, -0.2) is 37.0 Å². The Bertz CT molecular complexity index is 1650. The number of fused-ring (bicyclic) bond motifs is 1. The highest BCUT2D eigenvalue weighted by Gasteiger charge is 2.22. The van der Waals surface area contributed by atoms with Crippen molar-refractivity contribution < 1.29 is 13.9 Å². The number of imidazole rings is 1. The van der Waals surface area contributed by atoms with Crippen LogP contribution in [0.3, 0.4) is 0 Å². The van der Waals surface area contributed by atoms with Crippen molar-refractivity contribution in [2.24, 2.45) is 0 Å². The molecule has 1 atom stereocenters. The average Bonchev–Trinajstić information content (AvgIpc) is 3.40. The summed E-state index contributed by atoms with van der Waals surface area (Å²) in [5, 5.41) is 6.27. The molecule has 1 aliphatic rings. The molecule has 0 radical (unpaired) electrons. The normalized spacial score (nSPS) is 15.3. The van der Waals surface area contributed by atoms with Gasteiger partial charge in [0.05, 0.1) is 6.33 Å². The number of amides is 1. The van der Waals surface area contributed by atoms with E-state index in [-0.39, 0.29) is 12.1 Å². The van der Waals surface area contributed by atoms with Gasteiger partial charge in [-0.3, -0.25) is 9.36 Å². The maximum absolute atomic E-state index is 13.2. The molecule has 196 valence electrons. The molecule has 6 rings (SSSR count). The maximum atomic E-state index is 13.2. The van der Waals surface area contributed by atoms with Gasteiger partial charge in [0.1, 0.15) is 35.4 Å². The summed E-state index contributed by atoms with van der Waals surface area (Å²) in [5.74, 6) is -0.134. The quantitative estimate of drug-likeness (QED) is 0.280. The van der Waals surface area contributed by atoms with E-state index in [1.165, 1.54) is 30.6 Å². The fourth-order valence-electron chi connectivity index (χ4n) is 4.67. The largest absolute Gasteiger partial charge is 0.358 e. The Kier molecular flexibility index (Phi) is 6.68. The molecule has 2 N–H and O–H groups in total. The smallest absolute Gasteiger partial charge is 0.255 e. The second kappa shape index (κ2) is 10.6. The molecule has 0 saturated carbocycles. The van der Waals surface area contributed by atoms with Crippen LogP contribution in [0.4, 0.5) is 21.6 Å². The van der Waals surface area contributed by atoms with Crippen LogP contribution in [0.2, 0.25) is 0 Å². The van der Waals surface area contributed by atoms with Crippen molar-refractivity contribution in [2.45, 2.75) is 32.4 Å². The number of hydrogen-bond acceptors (Lipinski definition) is 7. The van der Waals surface area contributed by atoms with Gasteiger partial charge in [0, 0.05) is 35.3 Å². The average molecular weight is 524 g/mol. The summed E-state index contributed by atoms with van der Waals surface area (Å²) in [4.78, 5) is 31.0. The van der Waals surface area contributed by atoms with E-state index >= 15 is 0 Å². The first-order valence-corrected chi connectivity index (χ1v) is 12.8. The molecule has 1 unspecified atom stereocenters. The van der Waals surface area contributed by atoms with Crippen molar-refractivity contribution in [3.8, 4) is 11.3 Å². The number of benzene rings is 2. The van der Waals surface area contributed by atoms with Crippen LogP contribution in [0.25, 0.3) is 22.4 Å². The monoisotopic (exact) mass is 523 g/mol. The minimum Gasteiger partial charge on any atom is -0.358 e. The number of aryl methyl sites for hydroxylation is 1. The van der Waals surface area contributed by atoms with Crippen LogP contribution in [0, 0.1) is 12.7 Å². The highest BCUT2D eigenvalue weighted by molar-refractivity contribution is 6.04. The molecule has 0 aliphatic carbocycles. The van der Waals surface area contributed by atoms with Crippen molar-refractivity contribution >= 4 is 34.3 Å². The molecule has 4 heterocycles. The number of nitrogens with one attached hydrogen (secondary N) is 2. The molecule has 2 aromatic carbocycles. The van der Waals surface area contributed by atoms with E-state index in [1.807, 2.05) is 41.8 Å². The van der Waals surface area contributed by atoms with Gasteiger partial charge in [-0.2, -0.15) is 0 Å². The molecule has 0 spiro atoms. The molecule has 9 nitrogen and oxygen atoms in total. The first kappa shape index (κ1) is 24.6. The minimum absolute atomic E-state index is 0.0893. The van der Waals surface area contributed by atoms with Crippen molar-refractivity contribution in [3.05, 3.63) is 90.4 Å². The van der Waals surface area contributed by atoms with E-state index in [1.54, 1.807) is 12.5 Å². The van der Waals surface area contributed by atoms with Gasteiger partial charge in [-0.15, -0.1) is 0 Å². The van der Waals surface area contributed by atoms with E-state index in [0.717, 1.165) is 42.7 Å². The SMILES string of the molecule is Cc1ccc(NC(=O)c2ccc(F)cc2)cc1Nc1ncccc1-c1ncnc2c1ncn2C1CCCCO1. The molecule has 1 fully saturated rings. The fraction of sp³-hybridized carbons (Fsp3) is 0.207. The highest BCUT2D eigenvalue weighted by Crippen LogP contribution is 2.34. The first-order valence-electron chi connectivity index (χ1n) is 12.8. The summed E-state index contributed by atoms with van der Waals surface area (Å²) in [6.07, 6.45) is 7.98. The lowest BCUT2D eigenvalue weighted by Gasteiger charge is -2.23. The Hall–Kier alpha value is -4.70. The zero-order valence-corrected chi connectivity index (χ0v) is 21.3. The van der Waals surface area contributed by atoms with Crippen LogP contribution in [0.1, 0.15) is 41.4 Å². The summed E-state index contributed by atoms with van der Waals surface area (Å²) in [6.45, 7) is 2.69. The van der Waals surface area contributed by atoms with Gasteiger partial charge in [-0.1, -0.05) is 6.07 Å². The van der Waals surface area contributed by atoms with Crippen molar-refractivity contribution in [1.29, 1.82) is 0 Å². The Morgan fingerprint density at radius 3 is 2.74 bits per heavy atom. The van der Waals surface area contributed by atoms with E-state index in [4.69, 9.17) is 4.74 Å². The van der Waals surface area contributed by atoms with Crippen molar-refractivity contribution in [2.75, 3.05) is 17.2 Å². The predicted octanol–water partition coefficient (Wildman–Crippen LogP) is 6.03. The highest BCUT2D eigenvalue weighted by atomic mass is 19.1. The summed E-state index contributed by atoms with van der Waals surface area (Å²) in [7, 11) is 0. The number of pyridine rings is 1. The lowest BCUT2D eigenvalue weighted by molar-refractivity contribution is -0.0298. The fourth-order valence-corrected chi connectivity index (χ4v) is 4.67. The van der Waals surface area contributed by atoms with E-state index in [2.05, 4.69) is 30.6 Å². The van der Waals surface area contributed by atoms with E-state index < -0.39 is 5.82 Å². The topological polar surface area (TPSA) is 107 Å². The molecule has 39 heavy (non-hydrogen) atoms. The molecule has 1 aliphatic heterocycles. The Balaban J connectivity index is 1.30.